The molecule has 1 unspecified atom stereocenters. The van der Waals surface area contributed by atoms with Gasteiger partial charge < -0.3 is 15.0 Å². The first-order chi connectivity index (χ1) is 10.1. The Morgan fingerprint density at radius 1 is 1.33 bits per heavy atom. The van der Waals surface area contributed by atoms with Crippen LogP contribution in [0.3, 0.4) is 0 Å². The molecular formula is C16H26N4O. The van der Waals surface area contributed by atoms with Gasteiger partial charge in [0, 0.05) is 30.9 Å². The fraction of sp³-hybridized carbons (Fsp3) is 0.750. The van der Waals surface area contributed by atoms with Crippen molar-refractivity contribution in [1.29, 1.82) is 0 Å². The SMILES string of the molecule is Cc1cc(OC(C)C)nc(NCC2CCN(C3CC3)C2)n1. The zero-order valence-corrected chi connectivity index (χ0v) is 13.3. The van der Waals surface area contributed by atoms with Gasteiger partial charge in [0.1, 0.15) is 0 Å². The molecule has 1 aliphatic carbocycles. The lowest BCUT2D eigenvalue weighted by Crippen LogP contribution is -2.25. The number of anilines is 1. The maximum atomic E-state index is 5.66. The van der Waals surface area contributed by atoms with Crippen LogP contribution in [-0.4, -0.2) is 46.6 Å². The van der Waals surface area contributed by atoms with Gasteiger partial charge in [0.05, 0.1) is 6.10 Å². The Morgan fingerprint density at radius 2 is 2.14 bits per heavy atom. The summed E-state index contributed by atoms with van der Waals surface area (Å²) in [7, 11) is 0. The second-order valence-corrected chi connectivity index (χ2v) is 6.60. The molecule has 0 aromatic carbocycles. The summed E-state index contributed by atoms with van der Waals surface area (Å²) >= 11 is 0. The summed E-state index contributed by atoms with van der Waals surface area (Å²) < 4.78 is 5.66. The Hall–Kier alpha value is -1.36. The number of aromatic nitrogens is 2. The third kappa shape index (κ3) is 4.06. The van der Waals surface area contributed by atoms with E-state index in [0.29, 0.717) is 17.7 Å². The van der Waals surface area contributed by atoms with Crippen molar-refractivity contribution in [3.05, 3.63) is 11.8 Å². The van der Waals surface area contributed by atoms with Gasteiger partial charge in [-0.1, -0.05) is 0 Å². The van der Waals surface area contributed by atoms with E-state index in [0.717, 1.165) is 18.3 Å². The number of rotatable bonds is 6. The number of ether oxygens (including phenoxy) is 1. The van der Waals surface area contributed by atoms with Crippen LogP contribution in [-0.2, 0) is 0 Å². The van der Waals surface area contributed by atoms with Gasteiger partial charge >= 0.3 is 0 Å². The lowest BCUT2D eigenvalue weighted by Gasteiger charge is -2.16. The van der Waals surface area contributed by atoms with E-state index in [2.05, 4.69) is 20.2 Å². The fourth-order valence-electron chi connectivity index (χ4n) is 2.96. The zero-order valence-electron chi connectivity index (χ0n) is 13.3. The van der Waals surface area contributed by atoms with Crippen LogP contribution >= 0.6 is 0 Å². The van der Waals surface area contributed by atoms with Gasteiger partial charge in [-0.25, -0.2) is 4.98 Å². The maximum Gasteiger partial charge on any atom is 0.226 e. The Labute approximate surface area is 127 Å². The molecule has 0 radical (unpaired) electrons. The van der Waals surface area contributed by atoms with E-state index in [1.165, 1.54) is 32.4 Å². The minimum atomic E-state index is 0.133. The molecule has 116 valence electrons. The van der Waals surface area contributed by atoms with Gasteiger partial charge in [-0.3, -0.25) is 0 Å². The normalized spacial score (nSPS) is 22.8. The molecule has 0 amide bonds. The van der Waals surface area contributed by atoms with Crippen molar-refractivity contribution in [1.82, 2.24) is 14.9 Å². The van der Waals surface area contributed by atoms with Gasteiger partial charge in [0.25, 0.3) is 0 Å². The lowest BCUT2D eigenvalue weighted by atomic mass is 10.1. The highest BCUT2D eigenvalue weighted by Crippen LogP contribution is 2.31. The van der Waals surface area contributed by atoms with Gasteiger partial charge in [0.15, 0.2) is 0 Å². The largest absolute Gasteiger partial charge is 0.475 e. The summed E-state index contributed by atoms with van der Waals surface area (Å²) in [5.74, 6) is 2.06. The first kappa shape index (κ1) is 14.6. The Balaban J connectivity index is 1.53. The fourth-order valence-corrected chi connectivity index (χ4v) is 2.96. The smallest absolute Gasteiger partial charge is 0.226 e. The topological polar surface area (TPSA) is 50.3 Å². The van der Waals surface area contributed by atoms with Crippen LogP contribution in [0.1, 0.15) is 38.8 Å². The van der Waals surface area contributed by atoms with E-state index in [9.17, 15) is 0 Å². The summed E-state index contributed by atoms with van der Waals surface area (Å²) in [4.78, 5) is 11.5. The van der Waals surface area contributed by atoms with Crippen molar-refractivity contribution < 1.29 is 4.74 Å². The zero-order chi connectivity index (χ0) is 14.8. The van der Waals surface area contributed by atoms with Crippen LogP contribution in [0.2, 0.25) is 0 Å². The Kier molecular flexibility index (Phi) is 4.29. The van der Waals surface area contributed by atoms with Crippen LogP contribution in [0.25, 0.3) is 0 Å². The molecule has 21 heavy (non-hydrogen) atoms. The number of nitrogens with one attached hydrogen (secondary N) is 1. The average molecular weight is 290 g/mol. The molecule has 0 bridgehead atoms. The summed E-state index contributed by atoms with van der Waals surface area (Å²) in [5, 5.41) is 3.39. The van der Waals surface area contributed by atoms with E-state index in [-0.39, 0.29) is 6.10 Å². The highest BCUT2D eigenvalue weighted by atomic mass is 16.5. The molecule has 1 saturated heterocycles. The molecule has 1 atom stereocenters. The van der Waals surface area contributed by atoms with E-state index in [1.54, 1.807) is 0 Å². The number of nitrogens with zero attached hydrogens (tertiary/aromatic N) is 3. The van der Waals surface area contributed by atoms with Crippen LogP contribution < -0.4 is 10.1 Å². The number of hydrogen-bond acceptors (Lipinski definition) is 5. The molecule has 5 heteroatoms. The van der Waals surface area contributed by atoms with Gasteiger partial charge in [-0.05, 0) is 52.5 Å². The second-order valence-electron chi connectivity index (χ2n) is 6.60. The predicted octanol–water partition coefficient (Wildman–Crippen LogP) is 2.47. The van der Waals surface area contributed by atoms with Gasteiger partial charge in [-0.2, -0.15) is 4.98 Å². The summed E-state index contributed by atoms with van der Waals surface area (Å²) in [6.07, 6.45) is 4.22. The highest BCUT2D eigenvalue weighted by molar-refractivity contribution is 5.30. The van der Waals surface area contributed by atoms with Crippen molar-refractivity contribution in [3.63, 3.8) is 0 Å². The minimum Gasteiger partial charge on any atom is -0.475 e. The van der Waals surface area contributed by atoms with Crippen LogP contribution in [0.15, 0.2) is 6.07 Å². The van der Waals surface area contributed by atoms with Gasteiger partial charge in [-0.15, -0.1) is 0 Å². The molecular weight excluding hydrogens is 264 g/mol. The molecule has 2 fully saturated rings. The summed E-state index contributed by atoms with van der Waals surface area (Å²) in [6, 6.07) is 2.77. The Bertz CT molecular complexity index is 487. The van der Waals surface area contributed by atoms with Crippen molar-refractivity contribution in [2.45, 2.75) is 52.2 Å². The first-order valence-corrected chi connectivity index (χ1v) is 8.10. The third-order valence-corrected chi connectivity index (χ3v) is 4.12. The van der Waals surface area contributed by atoms with Crippen LogP contribution in [0, 0.1) is 12.8 Å². The highest BCUT2D eigenvalue weighted by Gasteiger charge is 2.34. The summed E-state index contributed by atoms with van der Waals surface area (Å²) in [6.45, 7) is 9.43. The molecule has 1 saturated carbocycles. The Morgan fingerprint density at radius 3 is 2.86 bits per heavy atom. The number of hydrogen-bond donors (Lipinski definition) is 1. The standard InChI is InChI=1S/C16H26N4O/c1-11(2)21-15-8-12(3)18-16(19-15)17-9-13-6-7-20(10-13)14-4-5-14/h8,11,13-14H,4-7,9-10H2,1-3H3,(H,17,18,19). The molecule has 1 aromatic heterocycles. The molecule has 1 aromatic rings. The quantitative estimate of drug-likeness (QED) is 0.872. The predicted molar refractivity (Wildman–Crippen MR) is 83.7 cm³/mol. The molecule has 1 aliphatic heterocycles. The molecule has 1 N–H and O–H groups in total. The maximum absolute atomic E-state index is 5.66. The van der Waals surface area contributed by atoms with Crippen molar-refractivity contribution >= 4 is 5.95 Å². The van der Waals surface area contributed by atoms with Crippen molar-refractivity contribution in [3.8, 4) is 5.88 Å². The molecule has 2 heterocycles. The van der Waals surface area contributed by atoms with Crippen LogP contribution in [0.5, 0.6) is 5.88 Å². The van der Waals surface area contributed by atoms with Gasteiger partial charge in [0.2, 0.25) is 11.8 Å². The number of likely N-dealkylation sites (tertiary alicyclic amines) is 1. The van der Waals surface area contributed by atoms with Crippen molar-refractivity contribution in [2.24, 2.45) is 5.92 Å². The molecule has 5 nitrogen and oxygen atoms in total. The lowest BCUT2D eigenvalue weighted by molar-refractivity contribution is 0.232. The van der Waals surface area contributed by atoms with E-state index in [1.807, 2.05) is 26.8 Å². The van der Waals surface area contributed by atoms with E-state index < -0.39 is 0 Å². The van der Waals surface area contributed by atoms with Crippen molar-refractivity contribution in [2.75, 3.05) is 25.0 Å². The molecule has 0 spiro atoms. The van der Waals surface area contributed by atoms with E-state index in [4.69, 9.17) is 4.74 Å². The minimum absolute atomic E-state index is 0.133. The third-order valence-electron chi connectivity index (χ3n) is 4.12. The second kappa shape index (κ2) is 6.18. The monoisotopic (exact) mass is 290 g/mol. The van der Waals surface area contributed by atoms with Crippen LogP contribution in [0.4, 0.5) is 5.95 Å². The molecule has 3 rings (SSSR count). The first-order valence-electron chi connectivity index (χ1n) is 8.10. The van der Waals surface area contributed by atoms with E-state index >= 15 is 0 Å². The summed E-state index contributed by atoms with van der Waals surface area (Å²) in [5.41, 5.74) is 0.939. The average Bonchev–Trinajstić information content (AvgIpc) is 3.14. The molecule has 2 aliphatic rings. The number of aryl methyl sites for hydroxylation is 1.